The number of thioether (sulfide) groups is 1. The number of carbonyl (C=O) groups is 2. The molecule has 0 aromatic carbocycles. The van der Waals surface area contributed by atoms with Crippen LogP contribution in [0.1, 0.15) is 27.7 Å². The molecule has 1 aliphatic heterocycles. The van der Waals surface area contributed by atoms with Crippen LogP contribution in [-0.2, 0) is 9.53 Å². The van der Waals surface area contributed by atoms with E-state index in [0.29, 0.717) is 23.6 Å². The highest BCUT2D eigenvalue weighted by molar-refractivity contribution is 8.23. The fourth-order valence-electron chi connectivity index (χ4n) is 2.10. The second kappa shape index (κ2) is 8.99. The quantitative estimate of drug-likeness (QED) is 0.566. The number of nitrogens with zero attached hydrogens (tertiary/aromatic N) is 1. The van der Waals surface area contributed by atoms with Gasteiger partial charge in [-0.15, -0.1) is 0 Å². The highest BCUT2D eigenvalue weighted by Gasteiger charge is 2.29. The van der Waals surface area contributed by atoms with Crippen LogP contribution in [0, 0.1) is 0 Å². The Morgan fingerprint density at radius 1 is 1.36 bits per heavy atom. The number of rotatable bonds is 6. The maximum absolute atomic E-state index is 12.1. The summed E-state index contributed by atoms with van der Waals surface area (Å²) in [4.78, 5) is 25.8. The van der Waals surface area contributed by atoms with Crippen LogP contribution in [0.2, 0.25) is 0 Å². The molecular weight excluding hydrogens is 322 g/mol. The van der Waals surface area contributed by atoms with Gasteiger partial charge in [0.25, 0.3) is 0 Å². The van der Waals surface area contributed by atoms with Crippen molar-refractivity contribution in [2.45, 2.75) is 33.7 Å². The second-order valence-corrected chi connectivity index (χ2v) is 6.27. The van der Waals surface area contributed by atoms with E-state index >= 15 is 0 Å². The molecule has 8 heteroatoms. The summed E-state index contributed by atoms with van der Waals surface area (Å²) in [7, 11) is 0. The molecule has 124 valence electrons. The molecule has 1 rings (SSSR count). The van der Waals surface area contributed by atoms with Gasteiger partial charge in [0.1, 0.15) is 4.32 Å². The first-order chi connectivity index (χ1) is 10.4. The lowest BCUT2D eigenvalue weighted by Gasteiger charge is -2.27. The van der Waals surface area contributed by atoms with Crippen molar-refractivity contribution in [1.29, 1.82) is 0 Å². The zero-order valence-corrected chi connectivity index (χ0v) is 15.0. The van der Waals surface area contributed by atoms with E-state index in [1.54, 1.807) is 13.8 Å². The Labute approximate surface area is 141 Å². The molecule has 0 radical (unpaired) electrons. The zero-order valence-electron chi connectivity index (χ0n) is 13.4. The molecule has 6 nitrogen and oxygen atoms in total. The molecule has 1 atom stereocenters. The minimum absolute atomic E-state index is 0.293. The van der Waals surface area contributed by atoms with Gasteiger partial charge in [0.2, 0.25) is 0 Å². The van der Waals surface area contributed by atoms with Gasteiger partial charge >= 0.3 is 12.0 Å². The summed E-state index contributed by atoms with van der Waals surface area (Å²) in [6.45, 7) is 9.54. The smallest absolute Gasteiger partial charge is 0.337 e. The summed E-state index contributed by atoms with van der Waals surface area (Å²) >= 11 is 6.81. The van der Waals surface area contributed by atoms with Crippen LogP contribution < -0.4 is 10.6 Å². The molecular formula is C14H23N3O3S2. The Bertz CT molecular complexity index is 476. The number of urea groups is 1. The van der Waals surface area contributed by atoms with Crippen LogP contribution in [0.5, 0.6) is 0 Å². The second-order valence-electron chi connectivity index (χ2n) is 4.66. The van der Waals surface area contributed by atoms with Crippen LogP contribution >= 0.6 is 24.0 Å². The summed E-state index contributed by atoms with van der Waals surface area (Å²) in [5.74, 6) is 0.0215. The van der Waals surface area contributed by atoms with Crippen molar-refractivity contribution in [3.8, 4) is 0 Å². The lowest BCUT2D eigenvalue weighted by molar-refractivity contribution is -0.138. The molecule has 0 spiro atoms. The van der Waals surface area contributed by atoms with Crippen molar-refractivity contribution in [2.75, 3.05) is 25.4 Å². The van der Waals surface area contributed by atoms with Crippen molar-refractivity contribution < 1.29 is 14.3 Å². The molecule has 0 aliphatic carbocycles. The van der Waals surface area contributed by atoms with Crippen LogP contribution in [0.4, 0.5) is 4.79 Å². The van der Waals surface area contributed by atoms with E-state index in [0.717, 1.165) is 17.4 Å². The lowest BCUT2D eigenvalue weighted by Crippen LogP contribution is -2.49. The summed E-state index contributed by atoms with van der Waals surface area (Å²) < 4.78 is 5.82. The summed E-state index contributed by atoms with van der Waals surface area (Å²) in [5.41, 5.74) is 1.02. The SMILES string of the molecule is CCOC(=O)C1=C(CSC(=S)N(CC)CC)NC(=O)N[C@H]1C. The highest BCUT2D eigenvalue weighted by atomic mass is 32.2. The molecule has 0 saturated carbocycles. The molecule has 0 bridgehead atoms. The largest absolute Gasteiger partial charge is 0.463 e. The predicted octanol–water partition coefficient (Wildman–Crippen LogP) is 1.86. The molecule has 0 fully saturated rings. The van der Waals surface area contributed by atoms with E-state index in [4.69, 9.17) is 17.0 Å². The lowest BCUT2D eigenvalue weighted by atomic mass is 10.1. The molecule has 1 heterocycles. The summed E-state index contributed by atoms with van der Waals surface area (Å²) in [5, 5.41) is 5.37. The van der Waals surface area contributed by atoms with Gasteiger partial charge in [-0.1, -0.05) is 24.0 Å². The molecule has 0 saturated heterocycles. The average Bonchev–Trinajstić information content (AvgIpc) is 2.45. The molecule has 2 N–H and O–H groups in total. The first-order valence-corrected chi connectivity index (χ1v) is 8.73. The van der Waals surface area contributed by atoms with Gasteiger partial charge in [-0.05, 0) is 27.7 Å². The number of hydrogen-bond acceptors (Lipinski definition) is 5. The number of thiocarbonyl (C=S) groups is 1. The third-order valence-corrected chi connectivity index (χ3v) is 4.78. The summed E-state index contributed by atoms with van der Waals surface area (Å²) in [6, 6.07) is -0.699. The fraction of sp³-hybridized carbons (Fsp3) is 0.643. The minimum atomic E-state index is -0.410. The predicted molar refractivity (Wildman–Crippen MR) is 92.8 cm³/mol. The highest BCUT2D eigenvalue weighted by Crippen LogP contribution is 2.20. The molecule has 2 amide bonds. The van der Waals surface area contributed by atoms with Crippen molar-refractivity contribution >= 4 is 40.3 Å². The Kier molecular flexibility index (Phi) is 7.67. The van der Waals surface area contributed by atoms with E-state index < -0.39 is 5.97 Å². The zero-order chi connectivity index (χ0) is 16.7. The number of hydrogen-bond donors (Lipinski definition) is 2. The number of esters is 1. The van der Waals surface area contributed by atoms with Crippen molar-refractivity contribution in [1.82, 2.24) is 15.5 Å². The van der Waals surface area contributed by atoms with Gasteiger partial charge < -0.3 is 20.3 Å². The Morgan fingerprint density at radius 3 is 2.55 bits per heavy atom. The van der Waals surface area contributed by atoms with Gasteiger partial charge in [-0.2, -0.15) is 0 Å². The molecule has 0 unspecified atom stereocenters. The van der Waals surface area contributed by atoms with Gasteiger partial charge in [-0.3, -0.25) is 0 Å². The van der Waals surface area contributed by atoms with Crippen LogP contribution in [0.25, 0.3) is 0 Å². The summed E-state index contributed by atoms with van der Waals surface area (Å²) in [6.07, 6.45) is 0. The molecule has 22 heavy (non-hydrogen) atoms. The Balaban J connectivity index is 2.88. The van der Waals surface area contributed by atoms with E-state index in [1.807, 2.05) is 13.8 Å². The third kappa shape index (κ3) is 4.88. The topological polar surface area (TPSA) is 70.7 Å². The normalized spacial score (nSPS) is 17.6. The third-order valence-electron chi connectivity index (χ3n) is 3.23. The van der Waals surface area contributed by atoms with Gasteiger partial charge in [0.05, 0.1) is 18.2 Å². The van der Waals surface area contributed by atoms with Crippen LogP contribution in [-0.4, -0.2) is 52.7 Å². The van der Waals surface area contributed by atoms with Gasteiger partial charge in [0, 0.05) is 24.5 Å². The molecule has 0 aromatic rings. The van der Waals surface area contributed by atoms with Crippen molar-refractivity contribution in [3.05, 3.63) is 11.3 Å². The van der Waals surface area contributed by atoms with Gasteiger partial charge in [-0.25, -0.2) is 9.59 Å². The minimum Gasteiger partial charge on any atom is -0.463 e. The first-order valence-electron chi connectivity index (χ1n) is 7.33. The number of amides is 2. The van der Waals surface area contributed by atoms with E-state index in [-0.39, 0.29) is 12.1 Å². The number of carbonyl (C=O) groups excluding carboxylic acids is 2. The van der Waals surface area contributed by atoms with E-state index in [9.17, 15) is 9.59 Å². The Morgan fingerprint density at radius 2 is 2.00 bits per heavy atom. The number of ether oxygens (including phenoxy) is 1. The van der Waals surface area contributed by atoms with Crippen molar-refractivity contribution in [3.63, 3.8) is 0 Å². The average molecular weight is 345 g/mol. The van der Waals surface area contributed by atoms with Crippen LogP contribution in [0.15, 0.2) is 11.3 Å². The Hall–Kier alpha value is -1.28. The van der Waals surface area contributed by atoms with Crippen LogP contribution in [0.3, 0.4) is 0 Å². The number of nitrogens with one attached hydrogen (secondary N) is 2. The molecule has 1 aliphatic rings. The maximum Gasteiger partial charge on any atom is 0.337 e. The van der Waals surface area contributed by atoms with Gasteiger partial charge in [0.15, 0.2) is 0 Å². The fourth-order valence-corrected chi connectivity index (χ4v) is 3.47. The van der Waals surface area contributed by atoms with Crippen molar-refractivity contribution in [2.24, 2.45) is 0 Å². The van der Waals surface area contributed by atoms with E-state index in [2.05, 4.69) is 15.5 Å². The molecule has 0 aromatic heterocycles. The monoisotopic (exact) mass is 345 g/mol. The first kappa shape index (κ1) is 18.8. The van der Waals surface area contributed by atoms with E-state index in [1.165, 1.54) is 11.8 Å². The standard InChI is InChI=1S/C14H23N3O3S2/c1-5-17(6-2)14(21)22-8-10-11(12(18)20-7-3)9(4)15-13(19)16-10/h9H,5-8H2,1-4H3,(H2,15,16,19)/t9-/m0/s1. The maximum atomic E-state index is 12.1.